The van der Waals surface area contributed by atoms with Crippen molar-refractivity contribution >= 4 is 17.2 Å². The lowest BCUT2D eigenvalue weighted by atomic mass is 10.0. The first-order valence-corrected chi connectivity index (χ1v) is 7.36. The second-order valence-corrected chi connectivity index (χ2v) is 5.55. The van der Waals surface area contributed by atoms with Gasteiger partial charge in [0.2, 0.25) is 5.82 Å². The lowest BCUT2D eigenvalue weighted by Crippen LogP contribution is -1.94. The number of benzene rings is 1. The third kappa shape index (κ3) is 2.08. The van der Waals surface area contributed by atoms with Crippen LogP contribution in [0.2, 0.25) is 0 Å². The van der Waals surface area contributed by atoms with E-state index in [1.165, 1.54) is 20.3 Å². The van der Waals surface area contributed by atoms with E-state index in [2.05, 4.69) is 10.1 Å². The summed E-state index contributed by atoms with van der Waals surface area (Å²) in [6.45, 7) is 3.77. The van der Waals surface area contributed by atoms with E-state index < -0.39 is 5.82 Å². The molecule has 0 spiro atoms. The standard InChI is InChI=1S/C17H18FN3O3/c1-8-13(9(2)21(3)20-8)15-11(7-22)10-6-12(23-4)14(18)17(24-5)16(10)19-15/h6-7,19H,1-5H3. The summed E-state index contributed by atoms with van der Waals surface area (Å²) in [6.07, 6.45) is 0.747. The number of carbonyl (C=O) groups excluding carboxylic acids is 1. The van der Waals surface area contributed by atoms with Gasteiger partial charge in [-0.2, -0.15) is 9.49 Å². The molecule has 24 heavy (non-hydrogen) atoms. The molecule has 3 rings (SSSR count). The Morgan fingerprint density at radius 1 is 1.29 bits per heavy atom. The van der Waals surface area contributed by atoms with Crippen molar-refractivity contribution < 1.29 is 18.7 Å². The Kier molecular flexibility index (Phi) is 3.79. The van der Waals surface area contributed by atoms with Crippen LogP contribution in [0.25, 0.3) is 22.2 Å². The fourth-order valence-corrected chi connectivity index (χ4v) is 3.07. The minimum Gasteiger partial charge on any atom is -0.494 e. The topological polar surface area (TPSA) is 69.1 Å². The number of aromatic amines is 1. The molecular weight excluding hydrogens is 313 g/mol. The van der Waals surface area contributed by atoms with E-state index >= 15 is 0 Å². The van der Waals surface area contributed by atoms with Crippen molar-refractivity contribution in [2.45, 2.75) is 13.8 Å². The van der Waals surface area contributed by atoms with E-state index in [1.54, 1.807) is 4.68 Å². The van der Waals surface area contributed by atoms with E-state index in [9.17, 15) is 9.18 Å². The fourth-order valence-electron chi connectivity index (χ4n) is 3.07. The van der Waals surface area contributed by atoms with Gasteiger partial charge in [0, 0.05) is 29.3 Å². The Hall–Kier alpha value is -2.83. The molecule has 0 aliphatic carbocycles. The van der Waals surface area contributed by atoms with Crippen molar-refractivity contribution in [3.05, 3.63) is 28.8 Å². The van der Waals surface area contributed by atoms with Crippen LogP contribution in [0.15, 0.2) is 6.07 Å². The number of halogens is 1. The quantitative estimate of drug-likeness (QED) is 0.746. The van der Waals surface area contributed by atoms with Gasteiger partial charge in [-0.3, -0.25) is 9.48 Å². The average Bonchev–Trinajstić information content (AvgIpc) is 3.03. The van der Waals surface area contributed by atoms with Crippen molar-refractivity contribution in [2.24, 2.45) is 7.05 Å². The zero-order valence-corrected chi connectivity index (χ0v) is 14.2. The third-order valence-electron chi connectivity index (χ3n) is 4.30. The number of ether oxygens (including phenoxy) is 2. The Labute approximate surface area is 138 Å². The molecule has 0 fully saturated rings. The highest BCUT2D eigenvalue weighted by Gasteiger charge is 2.24. The van der Waals surface area contributed by atoms with Crippen LogP contribution in [0.3, 0.4) is 0 Å². The van der Waals surface area contributed by atoms with Crippen molar-refractivity contribution in [3.8, 4) is 22.8 Å². The molecule has 0 saturated carbocycles. The van der Waals surface area contributed by atoms with Crippen molar-refractivity contribution in [1.82, 2.24) is 14.8 Å². The van der Waals surface area contributed by atoms with Gasteiger partial charge in [-0.05, 0) is 19.9 Å². The molecule has 6 nitrogen and oxygen atoms in total. The van der Waals surface area contributed by atoms with E-state index in [-0.39, 0.29) is 11.5 Å². The maximum Gasteiger partial charge on any atom is 0.209 e. The van der Waals surface area contributed by atoms with Gasteiger partial charge >= 0.3 is 0 Å². The number of aryl methyl sites for hydroxylation is 2. The lowest BCUT2D eigenvalue weighted by Gasteiger charge is -2.08. The molecule has 2 heterocycles. The normalized spacial score (nSPS) is 11.1. The molecule has 0 unspecified atom stereocenters. The molecule has 3 aromatic rings. The number of rotatable bonds is 4. The third-order valence-corrected chi connectivity index (χ3v) is 4.30. The Morgan fingerprint density at radius 2 is 2.00 bits per heavy atom. The maximum absolute atomic E-state index is 14.4. The van der Waals surface area contributed by atoms with Gasteiger partial charge < -0.3 is 14.5 Å². The molecule has 2 aromatic heterocycles. The number of H-pyrrole nitrogens is 1. The predicted molar refractivity (Wildman–Crippen MR) is 88.4 cm³/mol. The number of fused-ring (bicyclic) bond motifs is 1. The van der Waals surface area contributed by atoms with Crippen LogP contribution >= 0.6 is 0 Å². The highest BCUT2D eigenvalue weighted by atomic mass is 19.1. The number of hydrogen-bond donors (Lipinski definition) is 1. The number of nitrogens with zero attached hydrogens (tertiary/aromatic N) is 2. The van der Waals surface area contributed by atoms with Crippen LogP contribution in [0.5, 0.6) is 11.5 Å². The summed E-state index contributed by atoms with van der Waals surface area (Å²) in [5, 5.41) is 4.92. The number of methoxy groups -OCH3 is 2. The first-order valence-electron chi connectivity index (χ1n) is 7.36. The Morgan fingerprint density at radius 3 is 2.50 bits per heavy atom. The zero-order valence-electron chi connectivity index (χ0n) is 14.2. The molecule has 7 heteroatoms. The number of aromatic nitrogens is 3. The van der Waals surface area contributed by atoms with Gasteiger partial charge in [0.25, 0.3) is 0 Å². The molecule has 0 saturated heterocycles. The summed E-state index contributed by atoms with van der Waals surface area (Å²) in [4.78, 5) is 14.9. The predicted octanol–water partition coefficient (Wildman–Crippen LogP) is 3.15. The van der Waals surface area contributed by atoms with E-state index in [0.29, 0.717) is 22.2 Å². The summed E-state index contributed by atoms with van der Waals surface area (Å²) in [6, 6.07) is 1.50. The molecule has 0 radical (unpaired) electrons. The van der Waals surface area contributed by atoms with Crippen molar-refractivity contribution in [2.75, 3.05) is 14.2 Å². The highest BCUT2D eigenvalue weighted by Crippen LogP contribution is 2.40. The molecule has 1 N–H and O–H groups in total. The van der Waals surface area contributed by atoms with Gasteiger partial charge in [0.1, 0.15) is 0 Å². The number of nitrogens with one attached hydrogen (secondary N) is 1. The van der Waals surface area contributed by atoms with Gasteiger partial charge in [0.15, 0.2) is 17.8 Å². The summed E-state index contributed by atoms with van der Waals surface area (Å²) in [5.74, 6) is -0.581. The Bertz CT molecular complexity index is 956. The van der Waals surface area contributed by atoms with E-state index in [0.717, 1.165) is 23.2 Å². The fraction of sp³-hybridized carbons (Fsp3) is 0.294. The number of aldehydes is 1. The highest BCUT2D eigenvalue weighted by molar-refractivity contribution is 6.07. The molecule has 0 atom stereocenters. The summed E-state index contributed by atoms with van der Waals surface area (Å²) >= 11 is 0. The average molecular weight is 331 g/mol. The Balaban J connectivity index is 2.45. The molecular formula is C17H18FN3O3. The zero-order chi connectivity index (χ0) is 17.6. The first-order chi connectivity index (χ1) is 11.4. The molecule has 1 aromatic carbocycles. The summed E-state index contributed by atoms with van der Waals surface area (Å²) in [5.41, 5.74) is 3.91. The molecule has 0 bridgehead atoms. The molecule has 0 aliphatic rings. The molecule has 126 valence electrons. The smallest absolute Gasteiger partial charge is 0.209 e. The summed E-state index contributed by atoms with van der Waals surface area (Å²) in [7, 11) is 4.57. The van der Waals surface area contributed by atoms with Gasteiger partial charge in [-0.25, -0.2) is 0 Å². The van der Waals surface area contributed by atoms with Crippen LogP contribution in [-0.4, -0.2) is 35.3 Å². The van der Waals surface area contributed by atoms with Crippen LogP contribution in [0.4, 0.5) is 4.39 Å². The largest absolute Gasteiger partial charge is 0.494 e. The SMILES string of the molecule is COc1cc2c(C=O)c(-c3c(C)nn(C)c3C)[nH]c2c(OC)c1F. The number of carbonyl (C=O) groups is 1. The minimum atomic E-state index is -0.614. The monoisotopic (exact) mass is 331 g/mol. The second-order valence-electron chi connectivity index (χ2n) is 5.55. The van der Waals surface area contributed by atoms with Crippen LogP contribution in [0, 0.1) is 19.7 Å². The van der Waals surface area contributed by atoms with Gasteiger partial charge in [-0.1, -0.05) is 0 Å². The minimum absolute atomic E-state index is 0.0119. The van der Waals surface area contributed by atoms with Crippen molar-refractivity contribution in [1.29, 1.82) is 0 Å². The molecule has 0 aliphatic heterocycles. The summed E-state index contributed by atoms with van der Waals surface area (Å²) < 4.78 is 26.4. The van der Waals surface area contributed by atoms with Crippen LogP contribution in [-0.2, 0) is 7.05 Å². The lowest BCUT2D eigenvalue weighted by molar-refractivity contribution is 0.112. The molecule has 0 amide bonds. The van der Waals surface area contributed by atoms with Crippen LogP contribution < -0.4 is 9.47 Å². The van der Waals surface area contributed by atoms with Gasteiger partial charge in [-0.15, -0.1) is 0 Å². The number of hydrogen-bond acceptors (Lipinski definition) is 4. The van der Waals surface area contributed by atoms with E-state index in [1.807, 2.05) is 20.9 Å². The van der Waals surface area contributed by atoms with E-state index in [4.69, 9.17) is 9.47 Å². The maximum atomic E-state index is 14.4. The van der Waals surface area contributed by atoms with Gasteiger partial charge in [0.05, 0.1) is 31.1 Å². The first kappa shape index (κ1) is 16.0. The van der Waals surface area contributed by atoms with Crippen LogP contribution in [0.1, 0.15) is 21.7 Å². The van der Waals surface area contributed by atoms with Crippen molar-refractivity contribution in [3.63, 3.8) is 0 Å². The second kappa shape index (κ2) is 5.67.